The molecule has 12 aromatic rings. The molecule has 12 rings (SSSR count). The fraction of sp³-hybridized carbons (Fsp3) is 0.0811. The topological polar surface area (TPSA) is 13.0 Å². The first-order valence-corrected chi connectivity index (χ1v) is 27.4. The molecule has 12 aromatic carbocycles. The van der Waals surface area contributed by atoms with Crippen molar-refractivity contribution >= 4 is 89.8 Å². The third kappa shape index (κ3) is 10.2. The van der Waals surface area contributed by atoms with Crippen LogP contribution >= 0.6 is 0 Å². The Bertz CT molecular complexity index is 3620. The van der Waals surface area contributed by atoms with Crippen LogP contribution in [-0.4, -0.2) is 0 Å². The number of nitrogens with zero attached hydrogens (tertiary/aromatic N) is 4. The number of aryl methyl sites for hydroxylation is 2. The lowest BCUT2D eigenvalue weighted by atomic mass is 10.0. The van der Waals surface area contributed by atoms with Gasteiger partial charge in [0, 0.05) is 67.6 Å². The highest BCUT2D eigenvalue weighted by atomic mass is 15.2. The highest BCUT2D eigenvalue weighted by Crippen LogP contribution is 2.45. The van der Waals surface area contributed by atoms with E-state index in [0.717, 1.165) is 105 Å². The van der Waals surface area contributed by atoms with Gasteiger partial charge in [0.25, 0.3) is 0 Å². The van der Waals surface area contributed by atoms with E-state index in [2.05, 4.69) is 325 Å². The molecule has 0 N–H and O–H groups in total. The minimum Gasteiger partial charge on any atom is -0.311 e. The summed E-state index contributed by atoms with van der Waals surface area (Å²) in [5, 5.41) is 4.78. The second-order valence-corrected chi connectivity index (χ2v) is 20.0. The van der Waals surface area contributed by atoms with E-state index in [1.54, 1.807) is 0 Å². The van der Waals surface area contributed by atoms with Gasteiger partial charge < -0.3 is 19.6 Å². The van der Waals surface area contributed by atoms with Crippen molar-refractivity contribution in [3.8, 4) is 11.1 Å². The number of hydrogen-bond acceptors (Lipinski definition) is 4. The lowest BCUT2D eigenvalue weighted by Gasteiger charge is -2.29. The van der Waals surface area contributed by atoms with Crippen LogP contribution in [0.3, 0.4) is 0 Å². The second-order valence-electron chi connectivity index (χ2n) is 20.0. The molecule has 0 amide bonds. The van der Waals surface area contributed by atoms with E-state index >= 15 is 0 Å². The van der Waals surface area contributed by atoms with Gasteiger partial charge in [-0.25, -0.2) is 0 Å². The minimum atomic E-state index is 1.07. The van der Waals surface area contributed by atoms with Crippen molar-refractivity contribution < 1.29 is 0 Å². The molecule has 378 valence electrons. The fourth-order valence-corrected chi connectivity index (χ4v) is 11.0. The molecule has 0 aliphatic rings. The van der Waals surface area contributed by atoms with E-state index in [0.29, 0.717) is 0 Å². The third-order valence-electron chi connectivity index (χ3n) is 14.8. The van der Waals surface area contributed by atoms with E-state index in [-0.39, 0.29) is 0 Å². The summed E-state index contributed by atoms with van der Waals surface area (Å²) >= 11 is 0. The summed E-state index contributed by atoms with van der Waals surface area (Å²) < 4.78 is 0. The van der Waals surface area contributed by atoms with E-state index < -0.39 is 0 Å². The molecule has 0 radical (unpaired) electrons. The molecule has 4 heteroatoms. The lowest BCUT2D eigenvalue weighted by Crippen LogP contribution is -2.12. The molecule has 0 bridgehead atoms. The quantitative estimate of drug-likeness (QED) is 0.0901. The zero-order valence-corrected chi connectivity index (χ0v) is 44.3. The largest absolute Gasteiger partial charge is 0.311 e. The molecule has 0 spiro atoms. The summed E-state index contributed by atoms with van der Waals surface area (Å²) in [7, 11) is 0. The van der Waals surface area contributed by atoms with Crippen molar-refractivity contribution in [2.75, 3.05) is 19.6 Å². The number of fused-ring (bicyclic) bond motifs is 2. The molecular formula is C74H62N4. The Labute approximate surface area is 460 Å². The predicted octanol–water partition coefficient (Wildman–Crippen LogP) is 21.4. The molecule has 0 unspecified atom stereocenters. The average molecular weight is 1010 g/mol. The Hall–Kier alpha value is -9.64. The van der Waals surface area contributed by atoms with Gasteiger partial charge in [-0.3, -0.25) is 0 Å². The molecule has 4 nitrogen and oxygen atoms in total. The van der Waals surface area contributed by atoms with Crippen molar-refractivity contribution in [2.45, 2.75) is 39.5 Å². The summed E-state index contributed by atoms with van der Waals surface area (Å²) in [6, 6.07) is 106. The number of rotatable bonds is 17. The van der Waals surface area contributed by atoms with Gasteiger partial charge in [0.2, 0.25) is 0 Å². The molecule has 0 saturated heterocycles. The predicted molar refractivity (Wildman–Crippen MR) is 334 cm³/mol. The summed E-state index contributed by atoms with van der Waals surface area (Å²) in [5.74, 6) is 0. The Kier molecular flexibility index (Phi) is 14.3. The van der Waals surface area contributed by atoms with E-state index in [1.165, 1.54) is 32.7 Å². The van der Waals surface area contributed by atoms with Gasteiger partial charge in [0.15, 0.2) is 0 Å². The Balaban J connectivity index is 0.880. The lowest BCUT2D eigenvalue weighted by molar-refractivity contribution is 0.922. The third-order valence-corrected chi connectivity index (χ3v) is 14.8. The molecule has 78 heavy (non-hydrogen) atoms. The molecule has 0 fully saturated rings. The number of benzene rings is 12. The van der Waals surface area contributed by atoms with Crippen LogP contribution in [-0.2, 0) is 12.8 Å². The maximum absolute atomic E-state index is 2.39. The van der Waals surface area contributed by atoms with E-state index in [4.69, 9.17) is 0 Å². The van der Waals surface area contributed by atoms with Gasteiger partial charge in [-0.05, 0) is 179 Å². The molecule has 0 atom stereocenters. The summed E-state index contributed by atoms with van der Waals surface area (Å²) in [6.45, 7) is 4.47. The number of para-hydroxylation sites is 2. The van der Waals surface area contributed by atoms with Gasteiger partial charge in [-0.2, -0.15) is 0 Å². The molecule has 0 heterocycles. The molecule has 0 aliphatic heterocycles. The van der Waals surface area contributed by atoms with Gasteiger partial charge in [0.1, 0.15) is 0 Å². The maximum atomic E-state index is 2.39. The fourth-order valence-electron chi connectivity index (χ4n) is 11.0. The standard InChI is InChI=1S/C74H62N4/c1-3-17-55-31-39-63(40-32-55)75(61-23-7-5-8-24-61)65-47-51-69(52-48-65)77(73-29-15-21-59-19-11-13-27-71(59)73)67-43-35-57(36-44-67)58-37-45-68(46-38-58)78(74-30-16-22-60-20-12-14-28-72(60)74)70-53-49-66(50-54-70)76(62-25-9-6-10-26-62)64-41-33-56(18-4-2)34-42-64/h5-16,19-54H,3-4,17-18H2,1-2H3. The number of hydrogen-bond donors (Lipinski definition) is 0. The van der Waals surface area contributed by atoms with Crippen LogP contribution in [0.4, 0.5) is 68.2 Å². The van der Waals surface area contributed by atoms with Crippen LogP contribution < -0.4 is 19.6 Å². The number of anilines is 12. The van der Waals surface area contributed by atoms with Crippen molar-refractivity contribution in [3.05, 3.63) is 302 Å². The Morgan fingerprint density at radius 2 is 0.474 bits per heavy atom. The minimum absolute atomic E-state index is 1.07. The SMILES string of the molecule is CCCc1ccc(N(c2ccccc2)c2ccc(N(c3ccc(-c4ccc(N(c5ccc(N(c6ccccc6)c6ccc(CCC)cc6)cc5)c5cccc6ccccc56)cc4)cc3)c3cccc4ccccc34)cc2)cc1. The van der Waals surface area contributed by atoms with Crippen LogP contribution in [0.1, 0.15) is 37.8 Å². The molecule has 0 aliphatic carbocycles. The summed E-state index contributed by atoms with van der Waals surface area (Å²) in [6.07, 6.45) is 4.40. The van der Waals surface area contributed by atoms with Crippen LogP contribution in [0.25, 0.3) is 32.7 Å². The Morgan fingerprint density at radius 3 is 0.808 bits per heavy atom. The van der Waals surface area contributed by atoms with Crippen LogP contribution in [0.15, 0.2) is 291 Å². The van der Waals surface area contributed by atoms with Crippen LogP contribution in [0.2, 0.25) is 0 Å². The van der Waals surface area contributed by atoms with Gasteiger partial charge in [-0.15, -0.1) is 0 Å². The second kappa shape index (κ2) is 22.7. The molecular weight excluding hydrogens is 945 g/mol. The van der Waals surface area contributed by atoms with Gasteiger partial charge in [0.05, 0.1) is 11.4 Å². The first kappa shape index (κ1) is 49.2. The molecule has 0 aromatic heterocycles. The maximum Gasteiger partial charge on any atom is 0.0540 e. The first-order valence-electron chi connectivity index (χ1n) is 27.4. The van der Waals surface area contributed by atoms with Crippen LogP contribution in [0, 0.1) is 0 Å². The summed E-state index contributed by atoms with van der Waals surface area (Å²) in [4.78, 5) is 9.46. The van der Waals surface area contributed by atoms with Crippen molar-refractivity contribution in [2.24, 2.45) is 0 Å². The average Bonchev–Trinajstić information content (AvgIpc) is 3.52. The van der Waals surface area contributed by atoms with Crippen molar-refractivity contribution in [3.63, 3.8) is 0 Å². The molecule has 0 saturated carbocycles. The zero-order chi connectivity index (χ0) is 52.6. The van der Waals surface area contributed by atoms with Gasteiger partial charge in [-0.1, -0.05) is 184 Å². The smallest absolute Gasteiger partial charge is 0.0540 e. The highest BCUT2D eigenvalue weighted by molar-refractivity contribution is 6.01. The van der Waals surface area contributed by atoms with E-state index in [1.807, 2.05) is 0 Å². The Morgan fingerprint density at radius 1 is 0.218 bits per heavy atom. The van der Waals surface area contributed by atoms with Crippen molar-refractivity contribution in [1.82, 2.24) is 0 Å². The summed E-state index contributed by atoms with van der Waals surface area (Å²) in [5.41, 5.74) is 18.3. The van der Waals surface area contributed by atoms with Gasteiger partial charge >= 0.3 is 0 Å². The van der Waals surface area contributed by atoms with Crippen molar-refractivity contribution in [1.29, 1.82) is 0 Å². The monoisotopic (exact) mass is 1010 g/mol. The first-order chi connectivity index (χ1) is 38.6. The zero-order valence-electron chi connectivity index (χ0n) is 44.3. The van der Waals surface area contributed by atoms with Crippen LogP contribution in [0.5, 0.6) is 0 Å². The normalized spacial score (nSPS) is 11.2. The highest BCUT2D eigenvalue weighted by Gasteiger charge is 2.21. The van der Waals surface area contributed by atoms with E-state index in [9.17, 15) is 0 Å².